The molecule has 1 fully saturated rings. The molecular weight excluding hydrogens is 466 g/mol. The lowest BCUT2D eigenvalue weighted by atomic mass is 9.77. The van der Waals surface area contributed by atoms with Crippen molar-refractivity contribution >= 4 is 45.0 Å². The second-order valence-electron chi connectivity index (χ2n) is 10.2. The molecule has 0 unspecified atom stereocenters. The van der Waals surface area contributed by atoms with Crippen molar-refractivity contribution < 1.29 is 9.59 Å². The number of aromatic nitrogens is 1. The molecule has 1 N–H and O–H groups in total. The number of amides is 2. The first-order valence-corrected chi connectivity index (χ1v) is 13.5. The number of hydrogen-bond donors (Lipinski definition) is 1. The smallest absolute Gasteiger partial charge is 0.271 e. The minimum Gasteiger partial charge on any atom is -0.351 e. The summed E-state index contributed by atoms with van der Waals surface area (Å²) in [5.41, 5.74) is 1.83. The molecule has 2 aliphatic rings. The van der Waals surface area contributed by atoms with Gasteiger partial charge in [-0.05, 0) is 66.8 Å². The predicted octanol–water partition coefficient (Wildman–Crippen LogP) is 5.75. The van der Waals surface area contributed by atoms with Crippen LogP contribution in [-0.4, -0.2) is 39.4 Å². The van der Waals surface area contributed by atoms with E-state index in [0.717, 1.165) is 28.6 Å². The van der Waals surface area contributed by atoms with Crippen LogP contribution in [0.4, 0.5) is 0 Å². The Balaban J connectivity index is 1.46. The first-order valence-electron chi connectivity index (χ1n) is 12.2. The number of thiophene rings is 1. The maximum absolute atomic E-state index is 13.9. The van der Waals surface area contributed by atoms with E-state index in [0.29, 0.717) is 42.1 Å². The summed E-state index contributed by atoms with van der Waals surface area (Å²) in [6.45, 7) is 7.37. The minimum atomic E-state index is -0.967. The van der Waals surface area contributed by atoms with Gasteiger partial charge in [0.2, 0.25) is 5.91 Å². The van der Waals surface area contributed by atoms with Crippen molar-refractivity contribution in [2.75, 3.05) is 6.54 Å². The normalized spacial score (nSPS) is 27.1. The van der Waals surface area contributed by atoms with Crippen LogP contribution in [0.1, 0.15) is 56.1 Å². The Morgan fingerprint density at radius 1 is 1.21 bits per heavy atom. The van der Waals surface area contributed by atoms with Gasteiger partial charge in [-0.1, -0.05) is 50.4 Å². The molecule has 1 saturated carbocycles. The number of carbonyl (C=O) groups is 2. The molecule has 5 rings (SSSR count). The summed E-state index contributed by atoms with van der Waals surface area (Å²) in [7, 11) is 0. The van der Waals surface area contributed by atoms with Gasteiger partial charge in [-0.15, -0.1) is 11.3 Å². The first-order chi connectivity index (χ1) is 16.3. The van der Waals surface area contributed by atoms with E-state index in [9.17, 15) is 9.59 Å². The van der Waals surface area contributed by atoms with Crippen molar-refractivity contribution in [3.8, 4) is 0 Å². The van der Waals surface area contributed by atoms with Crippen LogP contribution in [0.5, 0.6) is 0 Å². The standard InChI is InChI=1S/C27H32ClN3O2S/c1-17-5-4-6-21(18(17)2)29-26(33)27(3)16-30-22-12-14-34-24(22)15-23(30)25(32)31(27)13-11-19-7-9-20(28)10-8-19/h7-10,12,14-15,17-18,21H,4-6,11,13,16H2,1-3H3,(H,29,33)/t17-,18+,21+,27+/m1/s1. The Morgan fingerprint density at radius 2 is 1.97 bits per heavy atom. The molecule has 5 nitrogen and oxygen atoms in total. The molecule has 0 radical (unpaired) electrons. The van der Waals surface area contributed by atoms with E-state index in [1.165, 1.54) is 6.42 Å². The molecular formula is C27H32ClN3O2S. The lowest BCUT2D eigenvalue weighted by Crippen LogP contribution is -2.65. The van der Waals surface area contributed by atoms with Gasteiger partial charge in [0.05, 0.1) is 16.8 Å². The van der Waals surface area contributed by atoms with Gasteiger partial charge in [-0.25, -0.2) is 0 Å². The molecule has 0 spiro atoms. The Labute approximate surface area is 210 Å². The van der Waals surface area contributed by atoms with E-state index in [1.54, 1.807) is 16.2 Å². The fourth-order valence-electron chi connectivity index (χ4n) is 5.62. The summed E-state index contributed by atoms with van der Waals surface area (Å²) in [5, 5.41) is 6.10. The van der Waals surface area contributed by atoms with Gasteiger partial charge in [0.15, 0.2) is 0 Å². The van der Waals surface area contributed by atoms with Crippen molar-refractivity contribution in [2.45, 2.75) is 64.6 Å². The molecule has 4 atom stereocenters. The summed E-state index contributed by atoms with van der Waals surface area (Å²) in [5.74, 6) is 0.883. The Kier molecular flexibility index (Phi) is 6.23. The van der Waals surface area contributed by atoms with Crippen LogP contribution in [0.3, 0.4) is 0 Å². The summed E-state index contributed by atoms with van der Waals surface area (Å²) < 4.78 is 3.12. The highest BCUT2D eigenvalue weighted by Crippen LogP contribution is 2.36. The zero-order valence-corrected chi connectivity index (χ0v) is 21.6. The fourth-order valence-corrected chi connectivity index (χ4v) is 6.57. The number of rotatable bonds is 5. The summed E-state index contributed by atoms with van der Waals surface area (Å²) in [6, 6.07) is 11.9. The van der Waals surface area contributed by atoms with Crippen LogP contribution >= 0.6 is 22.9 Å². The van der Waals surface area contributed by atoms with Gasteiger partial charge in [-0.2, -0.15) is 0 Å². The molecule has 3 heterocycles. The lowest BCUT2D eigenvalue weighted by molar-refractivity contribution is -0.134. The molecule has 2 aromatic heterocycles. The third-order valence-corrected chi connectivity index (χ3v) is 9.20. The number of halogens is 1. The molecule has 34 heavy (non-hydrogen) atoms. The maximum Gasteiger partial charge on any atom is 0.271 e. The third kappa shape index (κ3) is 4.05. The number of hydrogen-bond acceptors (Lipinski definition) is 3. The van der Waals surface area contributed by atoms with E-state index >= 15 is 0 Å². The Hall–Kier alpha value is -2.31. The first kappa shape index (κ1) is 23.4. The van der Waals surface area contributed by atoms with Crippen LogP contribution in [0.2, 0.25) is 5.02 Å². The number of fused-ring (bicyclic) bond motifs is 3. The summed E-state index contributed by atoms with van der Waals surface area (Å²) in [4.78, 5) is 29.5. The number of nitrogens with one attached hydrogen (secondary N) is 1. The minimum absolute atomic E-state index is 0.0503. The summed E-state index contributed by atoms with van der Waals surface area (Å²) in [6.07, 6.45) is 4.00. The zero-order chi connectivity index (χ0) is 24.0. The van der Waals surface area contributed by atoms with Gasteiger partial charge in [-0.3, -0.25) is 9.59 Å². The van der Waals surface area contributed by atoms with Crippen LogP contribution in [0, 0.1) is 11.8 Å². The highest BCUT2D eigenvalue weighted by molar-refractivity contribution is 7.17. The number of carbonyl (C=O) groups excluding carboxylic acids is 2. The molecule has 0 saturated heterocycles. The van der Waals surface area contributed by atoms with Crippen LogP contribution in [0.15, 0.2) is 41.8 Å². The molecule has 7 heteroatoms. The molecule has 1 aliphatic carbocycles. The van der Waals surface area contributed by atoms with Gasteiger partial charge in [0.1, 0.15) is 11.2 Å². The van der Waals surface area contributed by atoms with Crippen LogP contribution in [-0.2, 0) is 17.8 Å². The van der Waals surface area contributed by atoms with Gasteiger partial charge < -0.3 is 14.8 Å². The van der Waals surface area contributed by atoms with Crippen molar-refractivity contribution in [3.63, 3.8) is 0 Å². The van der Waals surface area contributed by atoms with Gasteiger partial charge in [0.25, 0.3) is 5.91 Å². The maximum atomic E-state index is 13.9. The van der Waals surface area contributed by atoms with Crippen molar-refractivity contribution in [1.82, 2.24) is 14.8 Å². The molecule has 0 bridgehead atoms. The summed E-state index contributed by atoms with van der Waals surface area (Å²) >= 11 is 7.68. The largest absolute Gasteiger partial charge is 0.351 e. The Morgan fingerprint density at radius 3 is 2.74 bits per heavy atom. The molecule has 2 amide bonds. The quantitative estimate of drug-likeness (QED) is 0.487. The molecule has 3 aromatic rings. The predicted molar refractivity (Wildman–Crippen MR) is 139 cm³/mol. The SMILES string of the molecule is C[C@H]1[C@H](C)CCC[C@@H]1NC(=O)[C@]1(C)Cn2c(cc3sccc32)C(=O)N1CCc1ccc(Cl)cc1. The highest BCUT2D eigenvalue weighted by Gasteiger charge is 2.48. The average molecular weight is 498 g/mol. The molecule has 1 aliphatic heterocycles. The highest BCUT2D eigenvalue weighted by atomic mass is 35.5. The van der Waals surface area contributed by atoms with E-state index < -0.39 is 5.54 Å². The molecule has 1 aromatic carbocycles. The second-order valence-corrected chi connectivity index (χ2v) is 11.6. The van der Waals surface area contributed by atoms with Gasteiger partial charge in [0, 0.05) is 17.6 Å². The molecule has 180 valence electrons. The van der Waals surface area contributed by atoms with Crippen LogP contribution in [0.25, 0.3) is 10.2 Å². The third-order valence-electron chi connectivity index (χ3n) is 8.10. The van der Waals surface area contributed by atoms with E-state index in [-0.39, 0.29) is 17.9 Å². The van der Waals surface area contributed by atoms with E-state index in [4.69, 9.17) is 11.6 Å². The Bertz CT molecular complexity index is 1220. The average Bonchev–Trinajstić information content (AvgIpc) is 3.40. The van der Waals surface area contributed by atoms with Crippen molar-refractivity contribution in [1.29, 1.82) is 0 Å². The van der Waals surface area contributed by atoms with Crippen LogP contribution < -0.4 is 5.32 Å². The van der Waals surface area contributed by atoms with E-state index in [1.807, 2.05) is 53.3 Å². The number of nitrogens with zero attached hydrogens (tertiary/aromatic N) is 2. The van der Waals surface area contributed by atoms with Gasteiger partial charge >= 0.3 is 0 Å². The number of benzene rings is 1. The van der Waals surface area contributed by atoms with Crippen molar-refractivity contribution in [2.24, 2.45) is 11.8 Å². The monoisotopic (exact) mass is 497 g/mol. The zero-order valence-electron chi connectivity index (χ0n) is 20.0. The van der Waals surface area contributed by atoms with Crippen molar-refractivity contribution in [3.05, 3.63) is 58.1 Å². The fraction of sp³-hybridized carbons (Fsp3) is 0.481. The topological polar surface area (TPSA) is 54.3 Å². The lowest BCUT2D eigenvalue weighted by Gasteiger charge is -2.45. The van der Waals surface area contributed by atoms with E-state index in [2.05, 4.69) is 19.2 Å². The second kappa shape index (κ2) is 9.04.